The number of imidazole rings is 1. The van der Waals surface area contributed by atoms with Crippen molar-refractivity contribution in [1.29, 1.82) is 0 Å². The van der Waals surface area contributed by atoms with Crippen LogP contribution in [0, 0.1) is 0 Å². The number of Topliss-reactive ketones (excluding diaryl/α,β-unsaturated/α-hetero) is 1. The Bertz CT molecular complexity index is 1020. The summed E-state index contributed by atoms with van der Waals surface area (Å²) in [4.78, 5) is 15.5. The number of halogens is 2. The van der Waals surface area contributed by atoms with E-state index in [1.165, 1.54) is 6.92 Å². The van der Waals surface area contributed by atoms with Gasteiger partial charge in [-0.3, -0.25) is 4.79 Å². The summed E-state index contributed by atoms with van der Waals surface area (Å²) in [6.45, 7) is 2.52. The summed E-state index contributed by atoms with van der Waals surface area (Å²) in [6.07, 6.45) is 4.90. The summed E-state index contributed by atoms with van der Waals surface area (Å²) in [5, 5.41) is 0.998. The molecule has 156 valence electrons. The summed E-state index contributed by atoms with van der Waals surface area (Å²) in [5.74, 6) is -0.423. The lowest BCUT2D eigenvalue weighted by molar-refractivity contribution is -0.189. The zero-order valence-electron chi connectivity index (χ0n) is 16.3. The Morgan fingerprint density at radius 3 is 2.73 bits per heavy atom. The van der Waals surface area contributed by atoms with Crippen molar-refractivity contribution in [3.63, 3.8) is 0 Å². The van der Waals surface area contributed by atoms with Gasteiger partial charge in [-0.1, -0.05) is 29.3 Å². The first-order valence-electron chi connectivity index (χ1n) is 9.42. The molecule has 1 fully saturated rings. The molecule has 3 aromatic rings. The predicted molar refractivity (Wildman–Crippen MR) is 113 cm³/mol. The van der Waals surface area contributed by atoms with E-state index in [9.17, 15) is 4.79 Å². The lowest BCUT2D eigenvalue weighted by Gasteiger charge is -2.30. The molecule has 1 aromatic heterocycles. The van der Waals surface area contributed by atoms with E-state index in [0.717, 1.165) is 0 Å². The third kappa shape index (κ3) is 4.52. The molecule has 0 saturated carbocycles. The third-order valence-corrected chi connectivity index (χ3v) is 5.40. The molecule has 0 amide bonds. The van der Waals surface area contributed by atoms with Gasteiger partial charge in [-0.05, 0) is 43.3 Å². The van der Waals surface area contributed by atoms with E-state index in [0.29, 0.717) is 40.1 Å². The fraction of sp³-hybridized carbons (Fsp3) is 0.273. The molecule has 0 bridgehead atoms. The van der Waals surface area contributed by atoms with E-state index in [1.807, 2.05) is 16.8 Å². The Morgan fingerprint density at radius 1 is 1.27 bits per heavy atom. The van der Waals surface area contributed by atoms with E-state index >= 15 is 0 Å². The van der Waals surface area contributed by atoms with Crippen LogP contribution in [0.25, 0.3) is 0 Å². The smallest absolute Gasteiger partial charge is 0.215 e. The van der Waals surface area contributed by atoms with Crippen molar-refractivity contribution in [2.45, 2.75) is 25.4 Å². The van der Waals surface area contributed by atoms with E-state index in [4.69, 9.17) is 37.4 Å². The number of hydrogen-bond donors (Lipinski definition) is 0. The van der Waals surface area contributed by atoms with Gasteiger partial charge < -0.3 is 18.8 Å². The SMILES string of the molecule is CC(=O)c1ccc(OCC2COC(Cn3ccnc3)(c3ccc(Cl)cc3Cl)O2)cc1. The number of ether oxygens (including phenoxy) is 3. The Kier molecular flexibility index (Phi) is 6.11. The highest BCUT2D eigenvalue weighted by Gasteiger charge is 2.45. The molecule has 1 aliphatic heterocycles. The van der Waals surface area contributed by atoms with E-state index in [-0.39, 0.29) is 18.5 Å². The van der Waals surface area contributed by atoms with Crippen molar-refractivity contribution in [2.75, 3.05) is 13.2 Å². The molecule has 6 nitrogen and oxygen atoms in total. The van der Waals surface area contributed by atoms with Crippen LogP contribution < -0.4 is 4.74 Å². The largest absolute Gasteiger partial charge is 0.491 e. The second-order valence-electron chi connectivity index (χ2n) is 7.05. The summed E-state index contributed by atoms with van der Waals surface area (Å²) in [7, 11) is 0. The van der Waals surface area contributed by atoms with Gasteiger partial charge in [0.2, 0.25) is 5.79 Å². The van der Waals surface area contributed by atoms with Crippen LogP contribution in [-0.4, -0.2) is 34.7 Å². The normalized spacial score (nSPS) is 21.0. The fourth-order valence-electron chi connectivity index (χ4n) is 3.35. The molecule has 0 radical (unpaired) electrons. The highest BCUT2D eigenvalue weighted by Crippen LogP contribution is 2.40. The van der Waals surface area contributed by atoms with Gasteiger partial charge in [-0.25, -0.2) is 4.98 Å². The minimum atomic E-state index is -1.09. The lowest BCUT2D eigenvalue weighted by atomic mass is 10.1. The fourth-order valence-corrected chi connectivity index (χ4v) is 3.90. The van der Waals surface area contributed by atoms with Crippen molar-refractivity contribution in [1.82, 2.24) is 9.55 Å². The van der Waals surface area contributed by atoms with Gasteiger partial charge >= 0.3 is 0 Å². The van der Waals surface area contributed by atoms with Crippen LogP contribution >= 0.6 is 23.2 Å². The standard InChI is InChI=1S/C22H20Cl2N2O4/c1-15(27)16-2-5-18(6-3-16)28-11-19-12-29-22(30-19,13-26-9-8-25-14-26)20-7-4-17(23)10-21(20)24/h2-10,14,19H,11-13H2,1H3. The number of carbonyl (C=O) groups excluding carboxylic acids is 1. The predicted octanol–water partition coefficient (Wildman–Crippen LogP) is 4.74. The monoisotopic (exact) mass is 446 g/mol. The molecular formula is C22H20Cl2N2O4. The highest BCUT2D eigenvalue weighted by molar-refractivity contribution is 6.35. The second-order valence-corrected chi connectivity index (χ2v) is 7.90. The summed E-state index contributed by atoms with van der Waals surface area (Å²) >= 11 is 12.5. The molecule has 0 N–H and O–H groups in total. The number of benzene rings is 2. The molecule has 0 spiro atoms. The van der Waals surface area contributed by atoms with Crippen molar-refractivity contribution in [3.05, 3.63) is 82.4 Å². The zero-order chi connectivity index (χ0) is 21.1. The maximum Gasteiger partial charge on any atom is 0.215 e. The van der Waals surface area contributed by atoms with Crippen LogP contribution in [0.3, 0.4) is 0 Å². The van der Waals surface area contributed by atoms with Crippen molar-refractivity contribution in [2.24, 2.45) is 0 Å². The Morgan fingerprint density at radius 2 is 2.07 bits per heavy atom. The van der Waals surface area contributed by atoms with Gasteiger partial charge in [0.1, 0.15) is 18.5 Å². The number of rotatable bonds is 7. The molecule has 1 aliphatic rings. The number of aromatic nitrogens is 2. The van der Waals surface area contributed by atoms with Crippen molar-refractivity contribution in [3.8, 4) is 5.75 Å². The molecule has 4 rings (SSSR count). The first-order chi connectivity index (χ1) is 14.4. The first kappa shape index (κ1) is 20.9. The van der Waals surface area contributed by atoms with Gasteiger partial charge in [0, 0.05) is 28.5 Å². The number of carbonyl (C=O) groups is 1. The van der Waals surface area contributed by atoms with Crippen LogP contribution in [0.4, 0.5) is 0 Å². The van der Waals surface area contributed by atoms with E-state index in [1.54, 1.807) is 48.9 Å². The van der Waals surface area contributed by atoms with E-state index < -0.39 is 5.79 Å². The molecule has 2 atom stereocenters. The number of ketones is 1. The molecule has 2 unspecified atom stereocenters. The number of nitrogens with zero attached hydrogens (tertiary/aromatic N) is 2. The highest BCUT2D eigenvalue weighted by atomic mass is 35.5. The van der Waals surface area contributed by atoms with Gasteiger partial charge in [0.05, 0.1) is 24.5 Å². The van der Waals surface area contributed by atoms with Crippen molar-refractivity contribution >= 4 is 29.0 Å². The third-order valence-electron chi connectivity index (χ3n) is 4.85. The van der Waals surface area contributed by atoms with Gasteiger partial charge in [0.15, 0.2) is 5.78 Å². The van der Waals surface area contributed by atoms with Crippen LogP contribution in [0.1, 0.15) is 22.8 Å². The minimum Gasteiger partial charge on any atom is -0.491 e. The van der Waals surface area contributed by atoms with Gasteiger partial charge in [0.25, 0.3) is 0 Å². The average Bonchev–Trinajstić information content (AvgIpc) is 3.37. The van der Waals surface area contributed by atoms with Crippen molar-refractivity contribution < 1.29 is 19.0 Å². The Balaban J connectivity index is 1.50. The maximum absolute atomic E-state index is 11.4. The van der Waals surface area contributed by atoms with E-state index in [2.05, 4.69) is 4.98 Å². The van der Waals surface area contributed by atoms with Crippen LogP contribution in [-0.2, 0) is 21.8 Å². The van der Waals surface area contributed by atoms with Gasteiger partial charge in [-0.2, -0.15) is 0 Å². The van der Waals surface area contributed by atoms with Crippen LogP contribution in [0.2, 0.25) is 10.0 Å². The molecule has 1 saturated heterocycles. The number of hydrogen-bond acceptors (Lipinski definition) is 5. The summed E-state index contributed by atoms with van der Waals surface area (Å²) in [6, 6.07) is 12.2. The molecule has 30 heavy (non-hydrogen) atoms. The molecule has 0 aliphatic carbocycles. The molecule has 2 aromatic carbocycles. The zero-order valence-corrected chi connectivity index (χ0v) is 17.8. The first-order valence-corrected chi connectivity index (χ1v) is 10.2. The maximum atomic E-state index is 11.4. The summed E-state index contributed by atoms with van der Waals surface area (Å²) < 4.78 is 20.2. The van der Waals surface area contributed by atoms with Crippen LogP contribution in [0.5, 0.6) is 5.75 Å². The minimum absolute atomic E-state index is 0.0122. The quantitative estimate of drug-likeness (QED) is 0.490. The van der Waals surface area contributed by atoms with Crippen LogP contribution in [0.15, 0.2) is 61.2 Å². The Labute approximate surface area is 184 Å². The average molecular weight is 447 g/mol. The lowest BCUT2D eigenvalue weighted by Crippen LogP contribution is -2.34. The molecule has 2 heterocycles. The molecular weight excluding hydrogens is 427 g/mol. The second kappa shape index (κ2) is 8.78. The Hall–Kier alpha value is -2.38. The summed E-state index contributed by atoms with van der Waals surface area (Å²) in [5.41, 5.74) is 1.33. The topological polar surface area (TPSA) is 62.6 Å². The van der Waals surface area contributed by atoms with Gasteiger partial charge in [-0.15, -0.1) is 0 Å². The molecule has 8 heteroatoms.